The number of hydrogen-bond donors (Lipinski definition) is 2. The summed E-state index contributed by atoms with van der Waals surface area (Å²) in [6.07, 6.45) is 2.90. The fourth-order valence-corrected chi connectivity index (χ4v) is 3.11. The number of piperidine rings is 1. The summed E-state index contributed by atoms with van der Waals surface area (Å²) in [5, 5.41) is 13.2. The van der Waals surface area contributed by atoms with Crippen molar-refractivity contribution in [2.45, 2.75) is 12.8 Å². The van der Waals surface area contributed by atoms with Gasteiger partial charge in [0.2, 0.25) is 5.95 Å². The van der Waals surface area contributed by atoms with E-state index in [4.69, 9.17) is 28.3 Å². The minimum atomic E-state index is -0.725. The first-order valence-corrected chi connectivity index (χ1v) is 8.31. The monoisotopic (exact) mass is 366 g/mol. The first kappa shape index (κ1) is 16.8. The van der Waals surface area contributed by atoms with E-state index in [1.807, 2.05) is 6.07 Å². The fourth-order valence-electron chi connectivity index (χ4n) is 2.65. The predicted octanol–water partition coefficient (Wildman–Crippen LogP) is 3.83. The zero-order valence-electron chi connectivity index (χ0n) is 12.7. The van der Waals surface area contributed by atoms with Crippen molar-refractivity contribution in [3.63, 3.8) is 0 Å². The number of carboxylic acids is 1. The first-order chi connectivity index (χ1) is 11.5. The van der Waals surface area contributed by atoms with Crippen molar-refractivity contribution >= 4 is 46.6 Å². The van der Waals surface area contributed by atoms with Crippen LogP contribution in [0.3, 0.4) is 0 Å². The molecule has 0 unspecified atom stereocenters. The van der Waals surface area contributed by atoms with Gasteiger partial charge in [0, 0.05) is 24.3 Å². The number of rotatable bonds is 4. The molecule has 1 aliphatic rings. The summed E-state index contributed by atoms with van der Waals surface area (Å²) in [5.41, 5.74) is 0.669. The average Bonchev–Trinajstić information content (AvgIpc) is 2.58. The van der Waals surface area contributed by atoms with E-state index in [2.05, 4.69) is 20.2 Å². The number of carboxylic acid groups (broad SMARTS) is 1. The van der Waals surface area contributed by atoms with Crippen molar-refractivity contribution in [3.8, 4) is 0 Å². The number of halogens is 2. The van der Waals surface area contributed by atoms with Gasteiger partial charge in [-0.1, -0.05) is 23.2 Å². The van der Waals surface area contributed by atoms with Gasteiger partial charge in [-0.15, -0.1) is 0 Å². The second-order valence-electron chi connectivity index (χ2n) is 5.59. The van der Waals surface area contributed by atoms with Gasteiger partial charge in [-0.25, -0.2) is 4.98 Å². The lowest BCUT2D eigenvalue weighted by Gasteiger charge is -2.31. The van der Waals surface area contributed by atoms with Gasteiger partial charge >= 0.3 is 5.97 Å². The topological polar surface area (TPSA) is 78.3 Å². The van der Waals surface area contributed by atoms with Crippen molar-refractivity contribution in [2.75, 3.05) is 23.3 Å². The van der Waals surface area contributed by atoms with Gasteiger partial charge in [-0.2, -0.15) is 4.98 Å². The molecule has 0 bridgehead atoms. The number of nitrogens with one attached hydrogen (secondary N) is 1. The highest BCUT2D eigenvalue weighted by Gasteiger charge is 2.25. The molecule has 0 radical (unpaired) electrons. The molecule has 0 saturated carbocycles. The van der Waals surface area contributed by atoms with Crippen molar-refractivity contribution in [1.82, 2.24) is 9.97 Å². The zero-order chi connectivity index (χ0) is 17.1. The second kappa shape index (κ2) is 7.23. The van der Waals surface area contributed by atoms with Gasteiger partial charge in [0.25, 0.3) is 0 Å². The van der Waals surface area contributed by atoms with E-state index in [1.54, 1.807) is 24.4 Å². The predicted molar refractivity (Wildman–Crippen MR) is 94.3 cm³/mol. The standard InChI is InChI=1S/C16H16Cl2N4O2/c17-11-1-2-13(12(18)9-11)20-16-19-6-3-14(21-16)22-7-4-10(5-8-22)15(23)24/h1-3,6,9-10H,4-5,7-8H2,(H,23,24)(H,19,20,21). The molecule has 1 aliphatic heterocycles. The minimum Gasteiger partial charge on any atom is -0.481 e. The lowest BCUT2D eigenvalue weighted by molar-refractivity contribution is -0.142. The number of aromatic nitrogens is 2. The van der Waals surface area contributed by atoms with E-state index >= 15 is 0 Å². The van der Waals surface area contributed by atoms with Crippen LogP contribution in [0.4, 0.5) is 17.5 Å². The molecule has 1 saturated heterocycles. The summed E-state index contributed by atoms with van der Waals surface area (Å²) >= 11 is 12.0. The Kier molecular flexibility index (Phi) is 5.06. The van der Waals surface area contributed by atoms with E-state index in [9.17, 15) is 4.79 Å². The van der Waals surface area contributed by atoms with Crippen LogP contribution in [0, 0.1) is 5.92 Å². The Labute approximate surface area is 149 Å². The Morgan fingerprint density at radius 1 is 1.25 bits per heavy atom. The van der Waals surface area contributed by atoms with Gasteiger partial charge in [-0.05, 0) is 37.1 Å². The normalized spacial score (nSPS) is 15.3. The Morgan fingerprint density at radius 2 is 2.00 bits per heavy atom. The van der Waals surface area contributed by atoms with Crippen LogP contribution in [-0.4, -0.2) is 34.1 Å². The third-order valence-electron chi connectivity index (χ3n) is 3.99. The molecule has 24 heavy (non-hydrogen) atoms. The molecule has 2 N–H and O–H groups in total. The molecule has 0 aliphatic carbocycles. The van der Waals surface area contributed by atoms with Crippen LogP contribution < -0.4 is 10.2 Å². The summed E-state index contributed by atoms with van der Waals surface area (Å²) in [5.74, 6) is 0.198. The number of nitrogens with zero attached hydrogens (tertiary/aromatic N) is 3. The quantitative estimate of drug-likeness (QED) is 0.855. The summed E-state index contributed by atoms with van der Waals surface area (Å²) in [7, 11) is 0. The SMILES string of the molecule is O=C(O)C1CCN(c2ccnc(Nc3ccc(Cl)cc3Cl)n2)CC1. The minimum absolute atomic E-state index is 0.270. The summed E-state index contributed by atoms with van der Waals surface area (Å²) in [6.45, 7) is 1.32. The van der Waals surface area contributed by atoms with Crippen LogP contribution in [0.1, 0.15) is 12.8 Å². The largest absolute Gasteiger partial charge is 0.481 e. The Bertz CT molecular complexity index is 749. The van der Waals surface area contributed by atoms with Crippen LogP contribution in [0.5, 0.6) is 0 Å². The van der Waals surface area contributed by atoms with Gasteiger partial charge < -0.3 is 15.3 Å². The van der Waals surface area contributed by atoms with Crippen LogP contribution >= 0.6 is 23.2 Å². The van der Waals surface area contributed by atoms with Crippen molar-refractivity contribution in [2.24, 2.45) is 5.92 Å². The molecule has 0 amide bonds. The molecule has 2 aromatic rings. The number of aliphatic carboxylic acids is 1. The molecular weight excluding hydrogens is 351 g/mol. The summed E-state index contributed by atoms with van der Waals surface area (Å²) < 4.78 is 0. The number of carbonyl (C=O) groups is 1. The van der Waals surface area contributed by atoms with E-state index in [-0.39, 0.29) is 5.92 Å². The van der Waals surface area contributed by atoms with Gasteiger partial charge in [-0.3, -0.25) is 4.79 Å². The Balaban J connectivity index is 1.71. The lowest BCUT2D eigenvalue weighted by atomic mass is 9.97. The second-order valence-corrected chi connectivity index (χ2v) is 6.43. The molecule has 6 nitrogen and oxygen atoms in total. The highest BCUT2D eigenvalue weighted by atomic mass is 35.5. The van der Waals surface area contributed by atoms with E-state index < -0.39 is 5.97 Å². The van der Waals surface area contributed by atoms with Gasteiger partial charge in [0.05, 0.1) is 16.6 Å². The molecule has 2 heterocycles. The molecule has 1 aromatic carbocycles. The molecule has 8 heteroatoms. The molecule has 126 valence electrons. The molecule has 0 spiro atoms. The lowest BCUT2D eigenvalue weighted by Crippen LogP contribution is -2.36. The maximum Gasteiger partial charge on any atom is 0.306 e. The Hall–Kier alpha value is -2.05. The summed E-state index contributed by atoms with van der Waals surface area (Å²) in [4.78, 5) is 21.8. The van der Waals surface area contributed by atoms with Crippen molar-refractivity contribution in [3.05, 3.63) is 40.5 Å². The van der Waals surface area contributed by atoms with Crippen LogP contribution in [0.25, 0.3) is 0 Å². The number of anilines is 3. The molecule has 1 aromatic heterocycles. The van der Waals surface area contributed by atoms with Crippen molar-refractivity contribution < 1.29 is 9.90 Å². The van der Waals surface area contributed by atoms with Crippen LogP contribution in [0.2, 0.25) is 10.0 Å². The third kappa shape index (κ3) is 3.88. The third-order valence-corrected chi connectivity index (χ3v) is 4.53. The highest BCUT2D eigenvalue weighted by Crippen LogP contribution is 2.28. The number of hydrogen-bond acceptors (Lipinski definition) is 5. The van der Waals surface area contributed by atoms with Crippen molar-refractivity contribution in [1.29, 1.82) is 0 Å². The molecule has 1 fully saturated rings. The molecule has 0 atom stereocenters. The maximum atomic E-state index is 11.0. The van der Waals surface area contributed by atoms with Crippen LogP contribution in [0.15, 0.2) is 30.5 Å². The van der Waals surface area contributed by atoms with Crippen LogP contribution in [-0.2, 0) is 4.79 Å². The smallest absolute Gasteiger partial charge is 0.306 e. The number of benzene rings is 1. The van der Waals surface area contributed by atoms with E-state index in [0.29, 0.717) is 47.6 Å². The van der Waals surface area contributed by atoms with Gasteiger partial charge in [0.15, 0.2) is 0 Å². The van der Waals surface area contributed by atoms with E-state index in [0.717, 1.165) is 5.82 Å². The Morgan fingerprint density at radius 3 is 2.67 bits per heavy atom. The molecular formula is C16H16Cl2N4O2. The first-order valence-electron chi connectivity index (χ1n) is 7.56. The summed E-state index contributed by atoms with van der Waals surface area (Å²) in [6, 6.07) is 6.96. The average molecular weight is 367 g/mol. The van der Waals surface area contributed by atoms with Gasteiger partial charge in [0.1, 0.15) is 5.82 Å². The van der Waals surface area contributed by atoms with E-state index in [1.165, 1.54) is 0 Å². The maximum absolute atomic E-state index is 11.0. The zero-order valence-corrected chi connectivity index (χ0v) is 14.3. The molecule has 3 rings (SSSR count). The fraction of sp³-hybridized carbons (Fsp3) is 0.312. The highest BCUT2D eigenvalue weighted by molar-refractivity contribution is 6.36.